The summed E-state index contributed by atoms with van der Waals surface area (Å²) in [6.45, 7) is -0.125. The van der Waals surface area contributed by atoms with Gasteiger partial charge in [-0.15, -0.1) is 0 Å². The molecule has 0 atom stereocenters. The summed E-state index contributed by atoms with van der Waals surface area (Å²) in [6, 6.07) is 5.30. The van der Waals surface area contributed by atoms with Crippen LogP contribution in [0.2, 0.25) is 0 Å². The minimum absolute atomic E-state index is 0.125. The topological polar surface area (TPSA) is 51.8 Å². The third-order valence-electron chi connectivity index (χ3n) is 2.24. The Morgan fingerprint density at radius 2 is 2.00 bits per heavy atom. The minimum Gasteiger partial charge on any atom is -0.496 e. The maximum absolute atomic E-state index is 8.96. The Balaban J connectivity index is 2.66. The Hall–Kier alpha value is -1.68. The first kappa shape index (κ1) is 9.86. The fourth-order valence-electron chi connectivity index (χ4n) is 1.50. The first-order valence-corrected chi connectivity index (χ1v) is 4.53. The van der Waals surface area contributed by atoms with Crippen molar-refractivity contribution in [3.63, 3.8) is 0 Å². The number of aliphatic hydroxyl groups is 1. The Morgan fingerprint density at radius 3 is 2.60 bits per heavy atom. The first-order chi connectivity index (χ1) is 7.28. The van der Waals surface area contributed by atoms with Crippen molar-refractivity contribution >= 4 is 11.0 Å². The highest BCUT2D eigenvalue weighted by Gasteiger charge is 2.10. The average Bonchev–Trinajstić information content (AvgIpc) is 2.70. The summed E-state index contributed by atoms with van der Waals surface area (Å²) in [5, 5.41) is 9.80. The summed E-state index contributed by atoms with van der Waals surface area (Å²) < 4.78 is 15.7. The van der Waals surface area contributed by atoms with Crippen molar-refractivity contribution in [2.24, 2.45) is 0 Å². The molecule has 0 aliphatic heterocycles. The SMILES string of the molecule is COc1cc(OC)c2cc(CO)oc2c1. The van der Waals surface area contributed by atoms with Crippen LogP contribution in [0, 0.1) is 0 Å². The molecule has 1 N–H and O–H groups in total. The maximum Gasteiger partial charge on any atom is 0.141 e. The van der Waals surface area contributed by atoms with Gasteiger partial charge in [-0.25, -0.2) is 0 Å². The second kappa shape index (κ2) is 3.82. The van der Waals surface area contributed by atoms with Gasteiger partial charge in [0.1, 0.15) is 29.4 Å². The second-order valence-electron chi connectivity index (χ2n) is 3.11. The van der Waals surface area contributed by atoms with Gasteiger partial charge in [-0.05, 0) is 6.07 Å². The molecule has 0 radical (unpaired) electrons. The third kappa shape index (κ3) is 1.64. The summed E-state index contributed by atoms with van der Waals surface area (Å²) in [5.74, 6) is 1.85. The van der Waals surface area contributed by atoms with E-state index in [4.69, 9.17) is 19.0 Å². The molecule has 15 heavy (non-hydrogen) atoms. The van der Waals surface area contributed by atoms with Gasteiger partial charge in [0.2, 0.25) is 0 Å². The molecule has 0 aliphatic carbocycles. The molecule has 0 saturated carbocycles. The fraction of sp³-hybridized carbons (Fsp3) is 0.273. The molecule has 1 aromatic carbocycles. The van der Waals surface area contributed by atoms with E-state index in [-0.39, 0.29) is 6.61 Å². The lowest BCUT2D eigenvalue weighted by Crippen LogP contribution is -1.86. The van der Waals surface area contributed by atoms with Crippen molar-refractivity contribution in [3.8, 4) is 11.5 Å². The molecular formula is C11H12O4. The normalized spacial score (nSPS) is 10.6. The van der Waals surface area contributed by atoms with Crippen LogP contribution < -0.4 is 9.47 Å². The molecule has 0 unspecified atom stereocenters. The molecule has 0 fully saturated rings. The standard InChI is InChI=1S/C11H12O4/c1-13-7-4-10(14-2)9-3-8(6-12)15-11(9)5-7/h3-5,12H,6H2,1-2H3. The Labute approximate surface area is 87.0 Å². The van der Waals surface area contributed by atoms with Gasteiger partial charge in [-0.3, -0.25) is 0 Å². The van der Waals surface area contributed by atoms with Gasteiger partial charge < -0.3 is 19.0 Å². The third-order valence-corrected chi connectivity index (χ3v) is 2.24. The van der Waals surface area contributed by atoms with E-state index in [1.807, 2.05) is 0 Å². The molecule has 0 saturated heterocycles. The van der Waals surface area contributed by atoms with E-state index < -0.39 is 0 Å². The number of benzene rings is 1. The molecular weight excluding hydrogens is 196 g/mol. The number of aliphatic hydroxyl groups excluding tert-OH is 1. The van der Waals surface area contributed by atoms with Crippen molar-refractivity contribution in [2.45, 2.75) is 6.61 Å². The van der Waals surface area contributed by atoms with Crippen LogP contribution in [0.25, 0.3) is 11.0 Å². The van der Waals surface area contributed by atoms with Crippen molar-refractivity contribution in [3.05, 3.63) is 24.0 Å². The Bertz CT molecular complexity index is 473. The molecule has 0 spiro atoms. The van der Waals surface area contributed by atoms with Crippen LogP contribution in [0.3, 0.4) is 0 Å². The van der Waals surface area contributed by atoms with E-state index >= 15 is 0 Å². The quantitative estimate of drug-likeness (QED) is 0.837. The zero-order chi connectivity index (χ0) is 10.8. The van der Waals surface area contributed by atoms with Crippen LogP contribution in [0.1, 0.15) is 5.76 Å². The fourth-order valence-corrected chi connectivity index (χ4v) is 1.50. The number of rotatable bonds is 3. The lowest BCUT2D eigenvalue weighted by Gasteiger charge is -2.04. The summed E-state index contributed by atoms with van der Waals surface area (Å²) in [7, 11) is 3.16. The molecule has 80 valence electrons. The highest BCUT2D eigenvalue weighted by atomic mass is 16.5. The maximum atomic E-state index is 8.96. The van der Waals surface area contributed by atoms with Crippen molar-refractivity contribution in [1.82, 2.24) is 0 Å². The highest BCUT2D eigenvalue weighted by molar-refractivity contribution is 5.86. The number of hydrogen-bond donors (Lipinski definition) is 1. The average molecular weight is 208 g/mol. The van der Waals surface area contributed by atoms with Crippen molar-refractivity contribution < 1.29 is 19.0 Å². The van der Waals surface area contributed by atoms with Gasteiger partial charge in [-0.1, -0.05) is 0 Å². The van der Waals surface area contributed by atoms with E-state index in [1.165, 1.54) is 0 Å². The molecule has 4 heteroatoms. The van der Waals surface area contributed by atoms with Crippen LogP contribution in [0.5, 0.6) is 11.5 Å². The first-order valence-electron chi connectivity index (χ1n) is 4.53. The second-order valence-corrected chi connectivity index (χ2v) is 3.11. The van der Waals surface area contributed by atoms with Crippen LogP contribution in [0.4, 0.5) is 0 Å². The number of ether oxygens (including phenoxy) is 2. The van der Waals surface area contributed by atoms with Gasteiger partial charge in [0.25, 0.3) is 0 Å². The largest absolute Gasteiger partial charge is 0.496 e. The Kier molecular flexibility index (Phi) is 2.51. The smallest absolute Gasteiger partial charge is 0.141 e. The van der Waals surface area contributed by atoms with Gasteiger partial charge in [0.05, 0.1) is 19.6 Å². The van der Waals surface area contributed by atoms with Crippen LogP contribution in [-0.4, -0.2) is 19.3 Å². The monoisotopic (exact) mass is 208 g/mol. The molecule has 0 amide bonds. The number of fused-ring (bicyclic) bond motifs is 1. The predicted octanol–water partition coefficient (Wildman–Crippen LogP) is 1.94. The molecule has 0 aliphatic rings. The number of hydrogen-bond acceptors (Lipinski definition) is 4. The van der Waals surface area contributed by atoms with Crippen LogP contribution in [0.15, 0.2) is 22.6 Å². The number of methoxy groups -OCH3 is 2. The predicted molar refractivity (Wildman–Crippen MR) is 55.2 cm³/mol. The van der Waals surface area contributed by atoms with E-state index in [2.05, 4.69) is 0 Å². The Morgan fingerprint density at radius 1 is 1.20 bits per heavy atom. The van der Waals surface area contributed by atoms with Crippen molar-refractivity contribution in [1.29, 1.82) is 0 Å². The summed E-state index contributed by atoms with van der Waals surface area (Å²) in [6.07, 6.45) is 0. The van der Waals surface area contributed by atoms with E-state index in [9.17, 15) is 0 Å². The molecule has 2 aromatic rings. The molecule has 4 nitrogen and oxygen atoms in total. The summed E-state index contributed by atoms with van der Waals surface area (Å²) >= 11 is 0. The molecule has 2 rings (SSSR count). The van der Waals surface area contributed by atoms with Crippen molar-refractivity contribution in [2.75, 3.05) is 14.2 Å². The van der Waals surface area contributed by atoms with Crippen LogP contribution >= 0.6 is 0 Å². The summed E-state index contributed by atoms with van der Waals surface area (Å²) in [4.78, 5) is 0. The lowest BCUT2D eigenvalue weighted by atomic mass is 10.2. The zero-order valence-corrected chi connectivity index (χ0v) is 8.61. The van der Waals surface area contributed by atoms with Gasteiger partial charge >= 0.3 is 0 Å². The van der Waals surface area contributed by atoms with E-state index in [0.717, 1.165) is 5.39 Å². The van der Waals surface area contributed by atoms with Gasteiger partial charge in [0, 0.05) is 12.1 Å². The van der Waals surface area contributed by atoms with Gasteiger partial charge in [-0.2, -0.15) is 0 Å². The zero-order valence-electron chi connectivity index (χ0n) is 8.61. The number of furan rings is 1. The van der Waals surface area contributed by atoms with Gasteiger partial charge in [0.15, 0.2) is 0 Å². The molecule has 1 aromatic heterocycles. The van der Waals surface area contributed by atoms with E-state index in [1.54, 1.807) is 32.4 Å². The molecule has 0 bridgehead atoms. The van der Waals surface area contributed by atoms with Crippen LogP contribution in [-0.2, 0) is 6.61 Å². The highest BCUT2D eigenvalue weighted by Crippen LogP contribution is 2.33. The lowest BCUT2D eigenvalue weighted by molar-refractivity contribution is 0.251. The van der Waals surface area contributed by atoms with E-state index in [0.29, 0.717) is 22.8 Å². The minimum atomic E-state index is -0.125. The summed E-state index contributed by atoms with van der Waals surface area (Å²) in [5.41, 5.74) is 0.648. The molecule has 1 heterocycles.